The van der Waals surface area contributed by atoms with E-state index in [-0.39, 0.29) is 27.8 Å². The molecule has 0 saturated carbocycles. The van der Waals surface area contributed by atoms with Crippen molar-refractivity contribution in [3.05, 3.63) is 101 Å². The highest BCUT2D eigenvalue weighted by Gasteiger charge is 2.21. The van der Waals surface area contributed by atoms with E-state index in [0.29, 0.717) is 23.1 Å². The number of hydrogen-bond acceptors (Lipinski definition) is 5. The van der Waals surface area contributed by atoms with E-state index in [2.05, 4.69) is 10.3 Å². The van der Waals surface area contributed by atoms with Crippen molar-refractivity contribution in [2.24, 2.45) is 0 Å². The highest BCUT2D eigenvalue weighted by molar-refractivity contribution is 7.90. The summed E-state index contributed by atoms with van der Waals surface area (Å²) in [6.45, 7) is 3.51. The van der Waals surface area contributed by atoms with Gasteiger partial charge in [-0.15, -0.1) is 0 Å². The lowest BCUT2D eigenvalue weighted by atomic mass is 10.1. The Morgan fingerprint density at radius 1 is 0.971 bits per heavy atom. The van der Waals surface area contributed by atoms with Gasteiger partial charge in [0.15, 0.2) is 9.84 Å². The molecule has 4 rings (SSSR count). The molecule has 0 atom stereocenters. The maximum Gasteiger partial charge on any atom is 0.255 e. The molecule has 0 fully saturated rings. The van der Waals surface area contributed by atoms with Crippen molar-refractivity contribution in [3.63, 3.8) is 0 Å². The Kier molecular flexibility index (Phi) is 6.30. The summed E-state index contributed by atoms with van der Waals surface area (Å²) in [7, 11) is -3.60. The van der Waals surface area contributed by atoms with Crippen LogP contribution in [0.4, 0.5) is 14.5 Å². The zero-order valence-corrected chi connectivity index (χ0v) is 19.1. The van der Waals surface area contributed by atoms with E-state index in [1.807, 2.05) is 6.92 Å². The molecule has 0 spiro atoms. The van der Waals surface area contributed by atoms with E-state index >= 15 is 0 Å². The van der Waals surface area contributed by atoms with E-state index in [9.17, 15) is 22.0 Å². The number of nitrogens with one attached hydrogen (secondary N) is 1. The number of hydrogen-bond donors (Lipinski definition) is 1. The number of rotatable bonds is 6. The molecule has 0 bridgehead atoms. The summed E-state index contributed by atoms with van der Waals surface area (Å²) < 4.78 is 58.0. The Bertz CT molecular complexity index is 1460. The Labute approximate surface area is 195 Å². The van der Waals surface area contributed by atoms with Crippen molar-refractivity contribution in [1.82, 2.24) is 4.98 Å². The molecule has 1 aromatic heterocycles. The predicted molar refractivity (Wildman–Crippen MR) is 123 cm³/mol. The van der Waals surface area contributed by atoms with Crippen molar-refractivity contribution < 1.29 is 26.4 Å². The van der Waals surface area contributed by atoms with Crippen LogP contribution in [-0.2, 0) is 15.6 Å². The van der Waals surface area contributed by atoms with Gasteiger partial charge in [-0.3, -0.25) is 4.79 Å². The van der Waals surface area contributed by atoms with Crippen LogP contribution >= 0.6 is 0 Å². The Balaban J connectivity index is 1.50. The number of anilines is 1. The molecule has 0 aliphatic carbocycles. The molecule has 0 aliphatic rings. The lowest BCUT2D eigenvalue weighted by molar-refractivity contribution is 0.102. The Morgan fingerprint density at radius 3 is 2.29 bits per heavy atom. The van der Waals surface area contributed by atoms with Gasteiger partial charge in [-0.1, -0.05) is 17.7 Å². The van der Waals surface area contributed by atoms with Crippen molar-refractivity contribution >= 4 is 21.4 Å². The van der Waals surface area contributed by atoms with E-state index in [1.54, 1.807) is 43.3 Å². The zero-order valence-electron chi connectivity index (χ0n) is 18.3. The van der Waals surface area contributed by atoms with Crippen LogP contribution in [0, 0.1) is 25.5 Å². The van der Waals surface area contributed by atoms with E-state index in [0.717, 1.165) is 17.7 Å². The maximum absolute atomic E-state index is 13.8. The molecule has 34 heavy (non-hydrogen) atoms. The second-order valence-electron chi connectivity index (χ2n) is 7.75. The largest absolute Gasteiger partial charge is 0.441 e. The van der Waals surface area contributed by atoms with Crippen LogP contribution in [-0.4, -0.2) is 19.3 Å². The fraction of sp³-hybridized carbons (Fsp3) is 0.120. The van der Waals surface area contributed by atoms with Crippen LogP contribution in [0.5, 0.6) is 0 Å². The standard InChI is InChI=1S/C25H20F2N2O4S/c1-15-3-10-20(11-4-15)34(31,32)14-23-16(2)33-25(29-23)18-7-5-17(6-8-18)24(30)28-22-12-9-19(26)13-21(22)27/h3-13H,14H2,1-2H3,(H,28,30). The monoisotopic (exact) mass is 482 g/mol. The van der Waals surface area contributed by atoms with E-state index in [4.69, 9.17) is 4.42 Å². The van der Waals surface area contributed by atoms with Crippen LogP contribution in [0.1, 0.15) is 27.4 Å². The molecule has 6 nitrogen and oxygen atoms in total. The van der Waals surface area contributed by atoms with Crippen LogP contribution in [0.3, 0.4) is 0 Å². The lowest BCUT2D eigenvalue weighted by Crippen LogP contribution is -2.13. The van der Waals surface area contributed by atoms with Crippen molar-refractivity contribution in [2.45, 2.75) is 24.5 Å². The second-order valence-corrected chi connectivity index (χ2v) is 9.74. The van der Waals surface area contributed by atoms with Gasteiger partial charge in [-0.05, 0) is 62.4 Å². The second kappa shape index (κ2) is 9.18. The summed E-state index contributed by atoms with van der Waals surface area (Å²) in [6, 6.07) is 15.6. The average molecular weight is 483 g/mol. The number of halogens is 2. The summed E-state index contributed by atoms with van der Waals surface area (Å²) >= 11 is 0. The van der Waals surface area contributed by atoms with Crippen molar-refractivity contribution in [2.75, 3.05) is 5.32 Å². The van der Waals surface area contributed by atoms with Gasteiger partial charge in [-0.2, -0.15) is 0 Å². The topological polar surface area (TPSA) is 89.3 Å². The number of aromatic nitrogens is 1. The number of amides is 1. The molecule has 1 heterocycles. The number of sulfone groups is 1. The molecule has 1 N–H and O–H groups in total. The smallest absolute Gasteiger partial charge is 0.255 e. The quantitative estimate of drug-likeness (QED) is 0.394. The molecule has 0 saturated heterocycles. The van der Waals surface area contributed by atoms with Gasteiger partial charge in [0.05, 0.1) is 16.3 Å². The van der Waals surface area contributed by atoms with Gasteiger partial charge < -0.3 is 9.73 Å². The molecule has 9 heteroatoms. The predicted octanol–water partition coefficient (Wildman–Crippen LogP) is 5.46. The highest BCUT2D eigenvalue weighted by atomic mass is 32.2. The van der Waals surface area contributed by atoms with Crippen LogP contribution in [0.25, 0.3) is 11.5 Å². The minimum Gasteiger partial charge on any atom is -0.441 e. The summed E-state index contributed by atoms with van der Waals surface area (Å²) in [6.07, 6.45) is 0. The molecule has 0 radical (unpaired) electrons. The molecule has 0 unspecified atom stereocenters. The summed E-state index contributed by atoms with van der Waals surface area (Å²) in [5.74, 6) is -1.93. The van der Waals surface area contributed by atoms with Gasteiger partial charge in [0, 0.05) is 17.2 Å². The molecule has 3 aromatic carbocycles. The first-order valence-corrected chi connectivity index (χ1v) is 11.9. The number of nitrogens with zero attached hydrogens (tertiary/aromatic N) is 1. The third-order valence-corrected chi connectivity index (χ3v) is 6.82. The fourth-order valence-corrected chi connectivity index (χ4v) is 4.59. The molecular weight excluding hydrogens is 462 g/mol. The first-order valence-electron chi connectivity index (χ1n) is 10.2. The molecule has 174 valence electrons. The summed E-state index contributed by atoms with van der Waals surface area (Å²) in [4.78, 5) is 16.9. The normalized spacial score (nSPS) is 11.4. The van der Waals surface area contributed by atoms with Gasteiger partial charge in [-0.25, -0.2) is 22.2 Å². The van der Waals surface area contributed by atoms with Crippen molar-refractivity contribution in [1.29, 1.82) is 0 Å². The van der Waals surface area contributed by atoms with Gasteiger partial charge in [0.2, 0.25) is 5.89 Å². The lowest BCUT2D eigenvalue weighted by Gasteiger charge is -2.07. The van der Waals surface area contributed by atoms with Crippen LogP contribution < -0.4 is 5.32 Å². The number of carbonyl (C=O) groups excluding carboxylic acids is 1. The maximum atomic E-state index is 13.8. The van der Waals surface area contributed by atoms with E-state index in [1.165, 1.54) is 12.1 Å². The molecule has 1 amide bonds. The molecule has 0 aliphatic heterocycles. The number of carbonyl (C=O) groups is 1. The SMILES string of the molecule is Cc1ccc(S(=O)(=O)Cc2nc(-c3ccc(C(=O)Nc4ccc(F)cc4F)cc3)oc2C)cc1. The van der Waals surface area contributed by atoms with Crippen LogP contribution in [0.2, 0.25) is 0 Å². The summed E-state index contributed by atoms with van der Waals surface area (Å²) in [5, 5.41) is 2.38. The Morgan fingerprint density at radius 2 is 1.65 bits per heavy atom. The van der Waals surface area contributed by atoms with Gasteiger partial charge in [0.1, 0.15) is 23.1 Å². The Hall–Kier alpha value is -3.85. The first-order chi connectivity index (χ1) is 16.1. The van der Waals surface area contributed by atoms with Crippen LogP contribution in [0.15, 0.2) is 76.0 Å². The summed E-state index contributed by atoms with van der Waals surface area (Å²) in [5.41, 5.74) is 1.88. The third-order valence-electron chi connectivity index (χ3n) is 5.17. The number of oxazole rings is 1. The molecular formula is C25H20F2N2O4S. The minimum absolute atomic E-state index is 0.141. The van der Waals surface area contributed by atoms with Gasteiger partial charge in [0.25, 0.3) is 5.91 Å². The number of aryl methyl sites for hydroxylation is 2. The van der Waals surface area contributed by atoms with E-state index < -0.39 is 27.4 Å². The van der Waals surface area contributed by atoms with Crippen molar-refractivity contribution in [3.8, 4) is 11.5 Å². The first kappa shape index (κ1) is 23.3. The molecule has 4 aromatic rings. The fourth-order valence-electron chi connectivity index (χ4n) is 3.24. The van der Waals surface area contributed by atoms with Gasteiger partial charge >= 0.3 is 0 Å². The number of benzene rings is 3. The minimum atomic E-state index is -3.60. The highest BCUT2D eigenvalue weighted by Crippen LogP contribution is 2.25. The zero-order chi connectivity index (χ0) is 24.5. The third kappa shape index (κ3) is 5.04. The average Bonchev–Trinajstić information content (AvgIpc) is 3.15.